The van der Waals surface area contributed by atoms with Crippen molar-refractivity contribution in [1.29, 1.82) is 0 Å². The first-order chi connectivity index (χ1) is 15.6. The molecule has 0 bridgehead atoms. The number of anilines is 2. The standard InChI is InChI=1S/C26H24FN3O2/c27-22-9-7-21(8-10-22)26(32)28-23-11-13-24(14-12-23)29-16-18-30(19-17-29)25(31)15-6-20-4-2-1-3-5-20/h1-15H,16-19H2,(H,28,32). The number of nitrogens with one attached hydrogen (secondary N) is 1. The molecule has 32 heavy (non-hydrogen) atoms. The Labute approximate surface area is 186 Å². The van der Waals surface area contributed by atoms with Gasteiger partial charge < -0.3 is 15.1 Å². The average Bonchev–Trinajstić information content (AvgIpc) is 2.84. The number of nitrogens with zero attached hydrogens (tertiary/aromatic N) is 2. The van der Waals surface area contributed by atoms with E-state index in [2.05, 4.69) is 10.2 Å². The number of rotatable bonds is 5. The lowest BCUT2D eigenvalue weighted by molar-refractivity contribution is -0.126. The highest BCUT2D eigenvalue weighted by atomic mass is 19.1. The van der Waals surface area contributed by atoms with Crippen molar-refractivity contribution in [3.8, 4) is 0 Å². The van der Waals surface area contributed by atoms with Gasteiger partial charge in [0, 0.05) is 49.2 Å². The molecule has 6 heteroatoms. The highest BCUT2D eigenvalue weighted by Gasteiger charge is 2.20. The van der Waals surface area contributed by atoms with Crippen molar-refractivity contribution in [2.24, 2.45) is 0 Å². The Hall–Kier alpha value is -3.93. The minimum Gasteiger partial charge on any atom is -0.368 e. The second-order valence-corrected chi connectivity index (χ2v) is 7.56. The third-order valence-electron chi connectivity index (χ3n) is 5.41. The summed E-state index contributed by atoms with van der Waals surface area (Å²) < 4.78 is 13.0. The van der Waals surface area contributed by atoms with Crippen LogP contribution in [-0.2, 0) is 4.79 Å². The van der Waals surface area contributed by atoms with Crippen molar-refractivity contribution < 1.29 is 14.0 Å². The molecule has 1 heterocycles. The van der Waals surface area contributed by atoms with Gasteiger partial charge in [0.05, 0.1) is 0 Å². The topological polar surface area (TPSA) is 52.7 Å². The summed E-state index contributed by atoms with van der Waals surface area (Å²) in [7, 11) is 0. The number of carbonyl (C=O) groups is 2. The zero-order valence-corrected chi connectivity index (χ0v) is 17.6. The van der Waals surface area contributed by atoms with Crippen LogP contribution in [-0.4, -0.2) is 42.9 Å². The van der Waals surface area contributed by atoms with E-state index in [-0.39, 0.29) is 17.6 Å². The van der Waals surface area contributed by atoms with Gasteiger partial charge in [-0.2, -0.15) is 0 Å². The summed E-state index contributed by atoms with van der Waals surface area (Å²) in [5.41, 5.74) is 3.11. The molecule has 1 N–H and O–H groups in total. The molecular formula is C26H24FN3O2. The van der Waals surface area contributed by atoms with Gasteiger partial charge in [-0.3, -0.25) is 9.59 Å². The number of amides is 2. The van der Waals surface area contributed by atoms with Crippen LogP contribution in [0.1, 0.15) is 15.9 Å². The van der Waals surface area contributed by atoms with Crippen LogP contribution in [0.2, 0.25) is 0 Å². The van der Waals surface area contributed by atoms with Crippen LogP contribution in [0.4, 0.5) is 15.8 Å². The molecule has 0 aliphatic carbocycles. The Morgan fingerprint density at radius 2 is 1.47 bits per heavy atom. The Balaban J connectivity index is 1.29. The monoisotopic (exact) mass is 429 g/mol. The van der Waals surface area contributed by atoms with Crippen molar-refractivity contribution >= 4 is 29.3 Å². The summed E-state index contributed by atoms with van der Waals surface area (Å²) in [4.78, 5) is 28.8. The van der Waals surface area contributed by atoms with Gasteiger partial charge in [-0.15, -0.1) is 0 Å². The van der Waals surface area contributed by atoms with Crippen molar-refractivity contribution in [2.45, 2.75) is 0 Å². The SMILES string of the molecule is O=C(Nc1ccc(N2CCN(C(=O)C=Cc3ccccc3)CC2)cc1)c1ccc(F)cc1. The van der Waals surface area contributed by atoms with E-state index in [1.165, 1.54) is 24.3 Å². The molecule has 162 valence electrons. The maximum Gasteiger partial charge on any atom is 0.255 e. The molecule has 0 aromatic heterocycles. The van der Waals surface area contributed by atoms with Crippen LogP contribution in [0.3, 0.4) is 0 Å². The number of benzene rings is 3. The Kier molecular flexibility index (Phi) is 6.60. The molecule has 3 aromatic carbocycles. The van der Waals surface area contributed by atoms with E-state index in [9.17, 15) is 14.0 Å². The number of halogens is 1. The minimum atomic E-state index is -0.375. The molecule has 2 amide bonds. The smallest absolute Gasteiger partial charge is 0.255 e. The summed E-state index contributed by atoms with van der Waals surface area (Å²) in [6.45, 7) is 2.79. The van der Waals surface area contributed by atoms with Crippen LogP contribution < -0.4 is 10.2 Å². The first-order valence-corrected chi connectivity index (χ1v) is 10.5. The molecule has 1 saturated heterocycles. The van der Waals surface area contributed by atoms with Crippen molar-refractivity contribution in [1.82, 2.24) is 4.90 Å². The van der Waals surface area contributed by atoms with Gasteiger partial charge in [-0.05, 0) is 60.2 Å². The first-order valence-electron chi connectivity index (χ1n) is 10.5. The lowest BCUT2D eigenvalue weighted by atomic mass is 10.2. The lowest BCUT2D eigenvalue weighted by Crippen LogP contribution is -2.48. The fourth-order valence-electron chi connectivity index (χ4n) is 3.58. The summed E-state index contributed by atoms with van der Waals surface area (Å²) in [6.07, 6.45) is 3.47. The van der Waals surface area contributed by atoms with E-state index in [0.29, 0.717) is 24.3 Å². The van der Waals surface area contributed by atoms with Gasteiger partial charge in [0.1, 0.15) is 5.82 Å². The van der Waals surface area contributed by atoms with Crippen LogP contribution >= 0.6 is 0 Å². The van der Waals surface area contributed by atoms with Crippen LogP contribution in [0.25, 0.3) is 6.08 Å². The van der Waals surface area contributed by atoms with Gasteiger partial charge in [0.15, 0.2) is 0 Å². The number of hydrogen-bond acceptors (Lipinski definition) is 3. The molecular weight excluding hydrogens is 405 g/mol. The Bertz CT molecular complexity index is 1090. The molecule has 5 nitrogen and oxygen atoms in total. The fourth-order valence-corrected chi connectivity index (χ4v) is 3.58. The summed E-state index contributed by atoms with van der Waals surface area (Å²) in [5.74, 6) is -0.638. The van der Waals surface area contributed by atoms with Crippen LogP contribution in [0, 0.1) is 5.82 Å². The molecule has 0 radical (unpaired) electrons. The second kappa shape index (κ2) is 9.92. The molecule has 0 unspecified atom stereocenters. The second-order valence-electron chi connectivity index (χ2n) is 7.56. The summed E-state index contributed by atoms with van der Waals surface area (Å²) in [5, 5.41) is 2.82. The van der Waals surface area contributed by atoms with Gasteiger partial charge in [-0.25, -0.2) is 4.39 Å². The average molecular weight is 429 g/mol. The fraction of sp³-hybridized carbons (Fsp3) is 0.154. The zero-order valence-electron chi connectivity index (χ0n) is 17.6. The first kappa shape index (κ1) is 21.3. The predicted octanol–water partition coefficient (Wildman–Crippen LogP) is 4.44. The Morgan fingerprint density at radius 1 is 0.812 bits per heavy atom. The van der Waals surface area contributed by atoms with Crippen molar-refractivity contribution in [3.05, 3.63) is 102 Å². The molecule has 3 aromatic rings. The van der Waals surface area contributed by atoms with Crippen molar-refractivity contribution in [2.75, 3.05) is 36.4 Å². The quantitative estimate of drug-likeness (QED) is 0.610. The number of carbonyl (C=O) groups excluding carboxylic acids is 2. The van der Waals surface area contributed by atoms with Gasteiger partial charge in [-0.1, -0.05) is 30.3 Å². The normalized spacial score (nSPS) is 13.9. The van der Waals surface area contributed by atoms with Crippen LogP contribution in [0.5, 0.6) is 0 Å². The van der Waals surface area contributed by atoms with Gasteiger partial charge in [0.25, 0.3) is 5.91 Å². The minimum absolute atomic E-state index is 0.0207. The third-order valence-corrected chi connectivity index (χ3v) is 5.41. The van der Waals surface area contributed by atoms with Gasteiger partial charge in [0.2, 0.25) is 5.91 Å². The molecule has 0 spiro atoms. The van der Waals surface area contributed by atoms with E-state index in [1.54, 1.807) is 6.08 Å². The lowest BCUT2D eigenvalue weighted by Gasteiger charge is -2.35. The maximum atomic E-state index is 13.0. The van der Waals surface area contributed by atoms with E-state index in [0.717, 1.165) is 24.3 Å². The summed E-state index contributed by atoms with van der Waals surface area (Å²) in [6, 6.07) is 22.8. The van der Waals surface area contributed by atoms with Crippen molar-refractivity contribution in [3.63, 3.8) is 0 Å². The Morgan fingerprint density at radius 3 is 2.12 bits per heavy atom. The van der Waals surface area contributed by atoms with E-state index in [1.807, 2.05) is 65.6 Å². The molecule has 0 saturated carbocycles. The molecule has 1 fully saturated rings. The summed E-state index contributed by atoms with van der Waals surface area (Å²) >= 11 is 0. The van der Waals surface area contributed by atoms with Gasteiger partial charge >= 0.3 is 0 Å². The molecule has 1 aliphatic heterocycles. The molecule has 0 atom stereocenters. The highest BCUT2D eigenvalue weighted by Crippen LogP contribution is 2.20. The zero-order chi connectivity index (χ0) is 22.3. The van der Waals surface area contributed by atoms with E-state index >= 15 is 0 Å². The highest BCUT2D eigenvalue weighted by molar-refractivity contribution is 6.04. The van der Waals surface area contributed by atoms with Crippen LogP contribution in [0.15, 0.2) is 84.9 Å². The third kappa shape index (κ3) is 5.40. The molecule has 4 rings (SSSR count). The van der Waals surface area contributed by atoms with E-state index in [4.69, 9.17) is 0 Å². The molecule has 1 aliphatic rings. The van der Waals surface area contributed by atoms with E-state index < -0.39 is 0 Å². The largest absolute Gasteiger partial charge is 0.368 e. The number of piperazine rings is 1. The number of hydrogen-bond donors (Lipinski definition) is 1. The maximum absolute atomic E-state index is 13.0. The predicted molar refractivity (Wildman–Crippen MR) is 125 cm³/mol.